The molecule has 1 aliphatic heterocycles. The molecule has 3 aliphatic rings. The Balaban J connectivity index is 1.17. The van der Waals surface area contributed by atoms with Gasteiger partial charge in [-0.1, -0.05) is 18.9 Å². The Morgan fingerprint density at radius 3 is 2.93 bits per heavy atom. The van der Waals surface area contributed by atoms with E-state index in [-0.39, 0.29) is 30.0 Å². The number of hydrogen-bond acceptors (Lipinski definition) is 5. The highest BCUT2D eigenvalue weighted by Gasteiger charge is 2.30. The van der Waals surface area contributed by atoms with E-state index in [1.165, 1.54) is 12.8 Å². The van der Waals surface area contributed by atoms with Crippen LogP contribution in [-0.2, 0) is 16.2 Å². The Labute approximate surface area is 179 Å². The number of aromatic amines is 1. The van der Waals surface area contributed by atoms with Crippen LogP contribution >= 0.6 is 11.8 Å². The van der Waals surface area contributed by atoms with Crippen LogP contribution in [0.15, 0.2) is 18.2 Å². The maximum Gasteiger partial charge on any atom is 0.407 e. The summed E-state index contributed by atoms with van der Waals surface area (Å²) in [5.41, 5.74) is 3.34. The third kappa shape index (κ3) is 4.15. The van der Waals surface area contributed by atoms with Gasteiger partial charge in [-0.25, -0.2) is 9.18 Å². The minimum atomic E-state index is -0.287. The lowest BCUT2D eigenvalue weighted by Gasteiger charge is -2.16. The van der Waals surface area contributed by atoms with E-state index in [2.05, 4.69) is 20.8 Å². The molecule has 2 aliphatic carbocycles. The van der Waals surface area contributed by atoms with Gasteiger partial charge >= 0.3 is 6.09 Å². The first kappa shape index (κ1) is 19.7. The Bertz CT molecular complexity index is 928. The van der Waals surface area contributed by atoms with Crippen LogP contribution < -0.4 is 10.6 Å². The normalized spacial score (nSPS) is 23.5. The van der Waals surface area contributed by atoms with Gasteiger partial charge < -0.3 is 15.4 Å². The lowest BCUT2D eigenvalue weighted by atomic mass is 10.0. The van der Waals surface area contributed by atoms with Gasteiger partial charge in [-0.15, -0.1) is 0 Å². The molecule has 0 radical (unpaired) electrons. The second-order valence-electron chi connectivity index (χ2n) is 8.55. The van der Waals surface area contributed by atoms with Crippen LogP contribution in [0.1, 0.15) is 67.7 Å². The van der Waals surface area contributed by atoms with Crippen LogP contribution in [0.25, 0.3) is 0 Å². The number of H-pyrrole nitrogens is 1. The highest BCUT2D eigenvalue weighted by molar-refractivity contribution is 7.98. The molecule has 2 atom stereocenters. The number of ether oxygens (including phenoxy) is 1. The molecule has 0 bridgehead atoms. The first-order valence-electron chi connectivity index (χ1n) is 10.8. The Hall–Kier alpha value is -2.22. The summed E-state index contributed by atoms with van der Waals surface area (Å²) in [7, 11) is 0. The summed E-state index contributed by atoms with van der Waals surface area (Å²) in [6.07, 6.45) is 6.68. The fourth-order valence-corrected chi connectivity index (χ4v) is 5.92. The van der Waals surface area contributed by atoms with Gasteiger partial charge in [-0.2, -0.15) is 16.9 Å². The van der Waals surface area contributed by atoms with Crippen LogP contribution in [0.3, 0.4) is 0 Å². The van der Waals surface area contributed by atoms with Gasteiger partial charge in [0.1, 0.15) is 6.10 Å². The predicted molar refractivity (Wildman–Crippen MR) is 116 cm³/mol. The number of nitrogens with one attached hydrogen (secondary N) is 3. The van der Waals surface area contributed by atoms with E-state index in [4.69, 9.17) is 4.74 Å². The molecule has 1 amide bonds. The van der Waals surface area contributed by atoms with Crippen LogP contribution in [0.4, 0.5) is 20.7 Å². The van der Waals surface area contributed by atoms with Crippen LogP contribution in [0, 0.1) is 5.82 Å². The summed E-state index contributed by atoms with van der Waals surface area (Å²) in [5, 5.41) is 13.5. The maximum atomic E-state index is 14.7. The molecule has 2 heterocycles. The highest BCUT2D eigenvalue weighted by Crippen LogP contribution is 2.38. The van der Waals surface area contributed by atoms with Crippen molar-refractivity contribution < 1.29 is 13.9 Å². The molecule has 1 aromatic heterocycles. The minimum Gasteiger partial charge on any atom is -0.446 e. The molecule has 2 saturated carbocycles. The van der Waals surface area contributed by atoms with Gasteiger partial charge in [0, 0.05) is 40.8 Å². The topological polar surface area (TPSA) is 79.0 Å². The molecular weight excluding hydrogens is 403 g/mol. The van der Waals surface area contributed by atoms with E-state index < -0.39 is 0 Å². The molecule has 2 fully saturated rings. The average Bonchev–Trinajstić information content (AvgIpc) is 3.51. The first-order chi connectivity index (χ1) is 14.7. The van der Waals surface area contributed by atoms with Crippen molar-refractivity contribution in [1.82, 2.24) is 15.5 Å². The predicted octanol–water partition coefficient (Wildman–Crippen LogP) is 5.34. The number of benzene rings is 1. The van der Waals surface area contributed by atoms with Gasteiger partial charge in [0.25, 0.3) is 0 Å². The van der Waals surface area contributed by atoms with Crippen molar-refractivity contribution in [2.45, 2.75) is 74.5 Å². The van der Waals surface area contributed by atoms with Crippen molar-refractivity contribution in [2.75, 3.05) is 5.32 Å². The molecule has 30 heavy (non-hydrogen) atoms. The summed E-state index contributed by atoms with van der Waals surface area (Å²) < 4.78 is 20.4. The number of rotatable bonds is 5. The molecule has 2 aromatic rings. The minimum absolute atomic E-state index is 0.0669. The van der Waals surface area contributed by atoms with Gasteiger partial charge in [0.15, 0.2) is 11.6 Å². The fourth-order valence-electron chi connectivity index (χ4n) is 4.81. The number of hydrogen-bond donors (Lipinski definition) is 3. The Morgan fingerprint density at radius 2 is 2.07 bits per heavy atom. The van der Waals surface area contributed by atoms with E-state index in [0.29, 0.717) is 11.5 Å². The molecule has 160 valence electrons. The molecule has 2 unspecified atom stereocenters. The third-order valence-corrected chi connectivity index (χ3v) is 7.49. The first-order valence-corrected chi connectivity index (χ1v) is 12.0. The van der Waals surface area contributed by atoms with Crippen molar-refractivity contribution >= 4 is 29.4 Å². The van der Waals surface area contributed by atoms with Gasteiger partial charge in [0.2, 0.25) is 0 Å². The summed E-state index contributed by atoms with van der Waals surface area (Å²) in [5.74, 6) is 2.30. The number of alkyl carbamates (subject to hydrolysis) is 1. The molecule has 3 N–H and O–H groups in total. The summed E-state index contributed by atoms with van der Waals surface area (Å²) in [4.78, 5) is 12.1. The third-order valence-electron chi connectivity index (χ3n) is 6.48. The molecule has 8 heteroatoms. The lowest BCUT2D eigenvalue weighted by Crippen LogP contribution is -2.35. The van der Waals surface area contributed by atoms with Crippen LogP contribution in [-0.4, -0.2) is 28.4 Å². The standard InChI is InChI=1S/C22H27FN4O2S/c23-21-17-12-30-11-14(17)6-8-18(21)25-20-10-19(26-27-20)13-5-7-16(9-13)29-22(28)24-15-3-1-2-4-15/h6,8,10,13,15-16H,1-5,7,9,11-12H2,(H,24,28)(H2,25,26,27). The van der Waals surface area contributed by atoms with Crippen molar-refractivity contribution in [1.29, 1.82) is 0 Å². The zero-order valence-electron chi connectivity index (χ0n) is 16.9. The second-order valence-corrected chi connectivity index (χ2v) is 9.54. The number of nitrogens with zero attached hydrogens (tertiary/aromatic N) is 1. The molecule has 5 rings (SSSR count). The zero-order chi connectivity index (χ0) is 20.5. The van der Waals surface area contributed by atoms with Crippen molar-refractivity contribution in [3.63, 3.8) is 0 Å². The smallest absolute Gasteiger partial charge is 0.407 e. The number of carbonyl (C=O) groups is 1. The molecule has 0 spiro atoms. The Kier molecular flexibility index (Phi) is 5.58. The number of halogens is 1. The molecule has 6 nitrogen and oxygen atoms in total. The molecule has 1 aromatic carbocycles. The van der Waals surface area contributed by atoms with Gasteiger partial charge in [0.05, 0.1) is 5.69 Å². The van der Waals surface area contributed by atoms with Crippen LogP contribution in [0.5, 0.6) is 0 Å². The number of carbonyl (C=O) groups excluding carboxylic acids is 1. The second kappa shape index (κ2) is 8.49. The monoisotopic (exact) mass is 430 g/mol. The van der Waals surface area contributed by atoms with Crippen LogP contribution in [0.2, 0.25) is 0 Å². The summed E-state index contributed by atoms with van der Waals surface area (Å²) >= 11 is 1.74. The van der Waals surface area contributed by atoms with Gasteiger partial charge in [-0.3, -0.25) is 5.10 Å². The lowest BCUT2D eigenvalue weighted by molar-refractivity contribution is 0.0971. The number of fused-ring (bicyclic) bond motifs is 1. The summed E-state index contributed by atoms with van der Waals surface area (Å²) in [6, 6.07) is 5.99. The van der Waals surface area contributed by atoms with Crippen molar-refractivity contribution in [3.8, 4) is 0 Å². The largest absolute Gasteiger partial charge is 0.446 e. The molecule has 0 saturated heterocycles. The van der Waals surface area contributed by atoms with E-state index in [1.54, 1.807) is 17.8 Å². The van der Waals surface area contributed by atoms with E-state index in [1.807, 2.05) is 12.1 Å². The SMILES string of the molecule is O=C(NC1CCCC1)OC1CCC(c2cc(Nc3ccc4c(c3F)CSC4)n[nH]2)C1. The number of aromatic nitrogens is 2. The van der Waals surface area contributed by atoms with E-state index >= 15 is 0 Å². The highest BCUT2D eigenvalue weighted by atomic mass is 32.2. The fraction of sp³-hybridized carbons (Fsp3) is 0.545. The van der Waals surface area contributed by atoms with E-state index in [0.717, 1.165) is 60.4 Å². The quantitative estimate of drug-likeness (QED) is 0.596. The van der Waals surface area contributed by atoms with Crippen molar-refractivity contribution in [3.05, 3.63) is 40.8 Å². The summed E-state index contributed by atoms with van der Waals surface area (Å²) in [6.45, 7) is 0. The zero-order valence-corrected chi connectivity index (χ0v) is 17.7. The Morgan fingerprint density at radius 1 is 1.20 bits per heavy atom. The number of thioether (sulfide) groups is 1. The maximum absolute atomic E-state index is 14.7. The number of amides is 1. The van der Waals surface area contributed by atoms with E-state index in [9.17, 15) is 9.18 Å². The van der Waals surface area contributed by atoms with Gasteiger partial charge in [-0.05, 0) is 43.7 Å². The molecular formula is C22H27FN4O2S. The number of anilines is 2. The average molecular weight is 431 g/mol. The van der Waals surface area contributed by atoms with Crippen molar-refractivity contribution in [2.24, 2.45) is 0 Å².